The van der Waals surface area contributed by atoms with E-state index in [-0.39, 0.29) is 36.7 Å². The van der Waals surface area contributed by atoms with Crippen molar-refractivity contribution in [2.45, 2.75) is 31.5 Å². The summed E-state index contributed by atoms with van der Waals surface area (Å²) in [5, 5.41) is 8.80. The van der Waals surface area contributed by atoms with Crippen molar-refractivity contribution in [1.29, 1.82) is 0 Å². The fourth-order valence-electron chi connectivity index (χ4n) is 4.23. The fourth-order valence-corrected chi connectivity index (χ4v) is 5.44. The molecule has 4 rings (SSSR count). The standard InChI is InChI=1S/C23H29ClN8O4S.ClH/c1-30(2)23(36)32-9-7-14(26-19(33)20(34)29-18-5-4-13(24)10-25-18)16(11-32)27-21(35)22-28-15-6-8-31(3)12-17(15)37-22;/h4-5,10,14,16H,6-9,11-12H2,1-3H3,(H,26,33)(H,27,35)(H,25,29,34);1H/t14-,16+;/m0./s1. The van der Waals surface area contributed by atoms with Gasteiger partial charge in [-0.25, -0.2) is 14.8 Å². The van der Waals surface area contributed by atoms with Crippen molar-refractivity contribution in [3.05, 3.63) is 38.9 Å². The molecule has 0 saturated carbocycles. The number of amides is 5. The van der Waals surface area contributed by atoms with Gasteiger partial charge in [-0.15, -0.1) is 23.7 Å². The summed E-state index contributed by atoms with van der Waals surface area (Å²) in [7, 11) is 5.32. The minimum atomic E-state index is -0.900. The summed E-state index contributed by atoms with van der Waals surface area (Å²) in [6, 6.07) is 1.61. The number of anilines is 1. The molecule has 2 atom stereocenters. The molecule has 12 nitrogen and oxygen atoms in total. The predicted molar refractivity (Wildman–Crippen MR) is 146 cm³/mol. The molecule has 2 aromatic rings. The van der Waals surface area contributed by atoms with E-state index >= 15 is 0 Å². The Kier molecular flexibility index (Phi) is 9.88. The van der Waals surface area contributed by atoms with Gasteiger partial charge in [-0.1, -0.05) is 11.6 Å². The summed E-state index contributed by atoms with van der Waals surface area (Å²) in [5.41, 5.74) is 0.929. The van der Waals surface area contributed by atoms with Crippen molar-refractivity contribution in [2.24, 2.45) is 0 Å². The van der Waals surface area contributed by atoms with E-state index in [1.54, 1.807) is 25.1 Å². The number of pyridine rings is 1. The Balaban J connectivity index is 0.00000400. The minimum absolute atomic E-state index is 0. The molecule has 3 N–H and O–H groups in total. The van der Waals surface area contributed by atoms with Gasteiger partial charge in [0, 0.05) is 57.8 Å². The number of nitrogens with zero attached hydrogens (tertiary/aromatic N) is 5. The quantitative estimate of drug-likeness (QED) is 0.459. The molecule has 2 aliphatic heterocycles. The van der Waals surface area contributed by atoms with Crippen LogP contribution in [0.25, 0.3) is 0 Å². The van der Waals surface area contributed by atoms with Crippen LogP contribution in [0.2, 0.25) is 5.02 Å². The lowest BCUT2D eigenvalue weighted by atomic mass is 9.99. The number of urea groups is 1. The zero-order valence-corrected chi connectivity index (χ0v) is 23.6. The SMILES string of the molecule is CN1CCc2nc(C(=O)N[C@@H]3CN(C(=O)N(C)C)CC[C@@H]3NC(=O)C(=O)Nc3ccc(Cl)cn3)sc2C1.Cl. The van der Waals surface area contributed by atoms with Crippen molar-refractivity contribution >= 4 is 64.9 Å². The highest BCUT2D eigenvalue weighted by atomic mass is 35.5. The highest BCUT2D eigenvalue weighted by Crippen LogP contribution is 2.25. The molecule has 0 aromatic carbocycles. The Morgan fingerprint density at radius 2 is 1.87 bits per heavy atom. The van der Waals surface area contributed by atoms with Gasteiger partial charge in [-0.3, -0.25) is 14.4 Å². The van der Waals surface area contributed by atoms with Crippen LogP contribution >= 0.6 is 35.3 Å². The number of nitrogens with one attached hydrogen (secondary N) is 3. The molecule has 38 heavy (non-hydrogen) atoms. The summed E-state index contributed by atoms with van der Waals surface area (Å²) in [4.78, 5) is 65.6. The van der Waals surface area contributed by atoms with E-state index in [1.165, 1.54) is 28.5 Å². The van der Waals surface area contributed by atoms with Gasteiger partial charge >= 0.3 is 17.8 Å². The molecule has 0 bridgehead atoms. The summed E-state index contributed by atoms with van der Waals surface area (Å²) in [6.45, 7) is 2.14. The number of hydrogen-bond acceptors (Lipinski definition) is 8. The summed E-state index contributed by atoms with van der Waals surface area (Å²) < 4.78 is 0. The number of halogens is 2. The van der Waals surface area contributed by atoms with Gasteiger partial charge in [0.15, 0.2) is 5.01 Å². The molecule has 4 heterocycles. The second-order valence-corrected chi connectivity index (χ2v) is 10.8. The van der Waals surface area contributed by atoms with Crippen LogP contribution in [0.4, 0.5) is 10.6 Å². The third-order valence-electron chi connectivity index (χ3n) is 6.19. The van der Waals surface area contributed by atoms with E-state index in [0.29, 0.717) is 23.0 Å². The molecule has 0 radical (unpaired) electrons. The first-order valence-electron chi connectivity index (χ1n) is 11.8. The van der Waals surface area contributed by atoms with Crippen LogP contribution in [-0.4, -0.2) is 101 Å². The van der Waals surface area contributed by atoms with E-state index in [4.69, 9.17) is 11.6 Å². The molecule has 0 aliphatic carbocycles. The molecule has 1 saturated heterocycles. The van der Waals surface area contributed by atoms with Crippen molar-refractivity contribution < 1.29 is 19.2 Å². The smallest absolute Gasteiger partial charge is 0.319 e. The third kappa shape index (κ3) is 7.10. The second-order valence-electron chi connectivity index (χ2n) is 9.26. The lowest BCUT2D eigenvalue weighted by Gasteiger charge is -2.39. The number of likely N-dealkylation sites (N-methyl/N-ethyl adjacent to an activating group) is 1. The zero-order chi connectivity index (χ0) is 26.7. The first-order chi connectivity index (χ1) is 17.6. The highest BCUT2D eigenvalue weighted by molar-refractivity contribution is 7.13. The normalized spacial score (nSPS) is 19.0. The first kappa shape index (κ1) is 29.6. The van der Waals surface area contributed by atoms with Crippen molar-refractivity contribution in [3.63, 3.8) is 0 Å². The van der Waals surface area contributed by atoms with Crippen LogP contribution in [0.3, 0.4) is 0 Å². The first-order valence-corrected chi connectivity index (χ1v) is 13.0. The number of likely N-dealkylation sites (tertiary alicyclic amines) is 1. The van der Waals surface area contributed by atoms with Crippen molar-refractivity contribution in [3.8, 4) is 0 Å². The van der Waals surface area contributed by atoms with Crippen LogP contribution in [-0.2, 0) is 22.6 Å². The van der Waals surface area contributed by atoms with Gasteiger partial charge < -0.3 is 30.7 Å². The maximum atomic E-state index is 13.2. The molecule has 0 unspecified atom stereocenters. The number of carbonyl (C=O) groups is 4. The summed E-state index contributed by atoms with van der Waals surface area (Å²) in [6.07, 6.45) is 2.48. The number of thiazole rings is 1. The topological polar surface area (TPSA) is 140 Å². The second kappa shape index (κ2) is 12.7. The lowest BCUT2D eigenvalue weighted by Crippen LogP contribution is -2.63. The number of piperidine rings is 1. The fraction of sp³-hybridized carbons (Fsp3) is 0.478. The summed E-state index contributed by atoms with van der Waals surface area (Å²) >= 11 is 7.15. The Morgan fingerprint density at radius 3 is 2.55 bits per heavy atom. The third-order valence-corrected chi connectivity index (χ3v) is 7.50. The van der Waals surface area contributed by atoms with E-state index in [9.17, 15) is 19.2 Å². The Labute approximate surface area is 235 Å². The molecule has 15 heteroatoms. The van der Waals surface area contributed by atoms with Crippen LogP contribution in [0.15, 0.2) is 18.3 Å². The molecular formula is C23H30Cl2N8O4S. The maximum absolute atomic E-state index is 13.2. The van der Waals surface area contributed by atoms with Crippen LogP contribution < -0.4 is 16.0 Å². The maximum Gasteiger partial charge on any atom is 0.319 e. The van der Waals surface area contributed by atoms with Gasteiger partial charge in [-0.05, 0) is 25.6 Å². The van der Waals surface area contributed by atoms with Crippen molar-refractivity contribution in [1.82, 2.24) is 35.3 Å². The number of rotatable bonds is 4. The zero-order valence-electron chi connectivity index (χ0n) is 21.2. The van der Waals surface area contributed by atoms with Crippen LogP contribution in [0.1, 0.15) is 26.8 Å². The van der Waals surface area contributed by atoms with Gasteiger partial charge in [0.1, 0.15) is 5.82 Å². The van der Waals surface area contributed by atoms with Gasteiger partial charge in [-0.2, -0.15) is 0 Å². The van der Waals surface area contributed by atoms with Gasteiger partial charge in [0.2, 0.25) is 0 Å². The number of fused-ring (bicyclic) bond motifs is 1. The molecule has 0 spiro atoms. The van der Waals surface area contributed by atoms with Crippen molar-refractivity contribution in [2.75, 3.05) is 46.1 Å². The highest BCUT2D eigenvalue weighted by Gasteiger charge is 2.36. The molecule has 1 fully saturated rings. The molecule has 206 valence electrons. The van der Waals surface area contributed by atoms with Gasteiger partial charge in [0.25, 0.3) is 5.91 Å². The predicted octanol–water partition coefficient (Wildman–Crippen LogP) is 1.21. The van der Waals surface area contributed by atoms with Crippen LogP contribution in [0.5, 0.6) is 0 Å². The minimum Gasteiger partial charge on any atom is -0.343 e. The Morgan fingerprint density at radius 1 is 1.11 bits per heavy atom. The molecular weight excluding hydrogens is 555 g/mol. The largest absolute Gasteiger partial charge is 0.343 e. The molecule has 5 amide bonds. The number of aromatic nitrogens is 2. The number of carbonyl (C=O) groups excluding carboxylic acids is 4. The van der Waals surface area contributed by atoms with E-state index in [1.807, 2.05) is 7.05 Å². The number of hydrogen-bond donors (Lipinski definition) is 3. The molecule has 2 aliphatic rings. The lowest BCUT2D eigenvalue weighted by molar-refractivity contribution is -0.136. The Hall–Kier alpha value is -3.00. The van der Waals surface area contributed by atoms with E-state index in [0.717, 1.165) is 30.1 Å². The van der Waals surface area contributed by atoms with Gasteiger partial charge in [0.05, 0.1) is 22.8 Å². The van der Waals surface area contributed by atoms with Crippen LogP contribution in [0, 0.1) is 0 Å². The summed E-state index contributed by atoms with van der Waals surface area (Å²) in [5.74, 6) is -1.97. The average Bonchev–Trinajstić information content (AvgIpc) is 3.29. The van der Waals surface area contributed by atoms with E-state index in [2.05, 4.69) is 30.8 Å². The Bertz CT molecular complexity index is 1190. The van der Waals surface area contributed by atoms with E-state index < -0.39 is 23.9 Å². The average molecular weight is 586 g/mol. The monoisotopic (exact) mass is 584 g/mol. The molecule has 2 aromatic heterocycles.